The summed E-state index contributed by atoms with van der Waals surface area (Å²) in [7, 11) is 0. The number of anilines is 2. The highest BCUT2D eigenvalue weighted by Crippen LogP contribution is 2.38. The van der Waals surface area contributed by atoms with E-state index in [-0.39, 0.29) is 16.8 Å². The number of benzene rings is 4. The summed E-state index contributed by atoms with van der Waals surface area (Å²) in [6, 6.07) is 26.7. The molecule has 0 aliphatic rings. The first-order valence-electron chi connectivity index (χ1n) is 12.1. The Morgan fingerprint density at radius 2 is 1.54 bits per heavy atom. The molecule has 0 aliphatic carbocycles. The zero-order valence-corrected chi connectivity index (χ0v) is 25.6. The normalized spacial score (nSPS) is 11.6. The van der Waals surface area contributed by atoms with E-state index in [9.17, 15) is 9.59 Å². The van der Waals surface area contributed by atoms with Crippen LogP contribution in [-0.4, -0.2) is 16.8 Å². The topological polar surface area (TPSA) is 71.1 Å². The van der Waals surface area contributed by atoms with E-state index in [0.29, 0.717) is 37.1 Å². The maximum Gasteiger partial charge on any atom is 0.257 e. The largest absolute Gasteiger partial charge is 0.322 e. The smallest absolute Gasteiger partial charge is 0.257 e. The fourth-order valence-electron chi connectivity index (χ4n) is 3.82. The van der Waals surface area contributed by atoms with E-state index in [4.69, 9.17) is 46.4 Å². The first kappa shape index (κ1) is 29.5. The van der Waals surface area contributed by atoms with Crippen LogP contribution in [0, 0.1) is 0 Å². The Kier molecular flexibility index (Phi) is 9.55. The predicted octanol–water partition coefficient (Wildman–Crippen LogP) is 10.1. The van der Waals surface area contributed by atoms with Gasteiger partial charge in [0.1, 0.15) is 5.25 Å². The molecule has 0 aliphatic heterocycles. The Labute approximate surface area is 264 Å². The maximum atomic E-state index is 13.5. The van der Waals surface area contributed by atoms with Gasteiger partial charge < -0.3 is 10.6 Å². The van der Waals surface area contributed by atoms with Gasteiger partial charge in [-0.05, 0) is 60.2 Å². The van der Waals surface area contributed by atoms with Gasteiger partial charge in [0.25, 0.3) is 5.91 Å². The summed E-state index contributed by atoms with van der Waals surface area (Å²) < 4.78 is 0. The maximum absolute atomic E-state index is 13.5. The van der Waals surface area contributed by atoms with E-state index in [2.05, 4.69) is 15.6 Å². The van der Waals surface area contributed by atoms with Crippen molar-refractivity contribution in [3.8, 4) is 11.3 Å². The molecule has 1 heterocycles. The van der Waals surface area contributed by atoms with Crippen LogP contribution in [0.2, 0.25) is 20.1 Å². The van der Waals surface area contributed by atoms with Gasteiger partial charge in [0.2, 0.25) is 5.91 Å². The molecule has 0 bridgehead atoms. The molecule has 0 saturated heterocycles. The Hall–Kier alpha value is -3.04. The average molecular weight is 659 g/mol. The molecule has 0 fully saturated rings. The van der Waals surface area contributed by atoms with Gasteiger partial charge in [0.15, 0.2) is 5.13 Å². The molecular weight excluding hydrogens is 640 g/mol. The quantitative estimate of drug-likeness (QED) is 0.163. The van der Waals surface area contributed by atoms with Crippen molar-refractivity contribution in [2.75, 3.05) is 10.6 Å². The molecular formula is C30H19Cl4N3O2S2. The molecule has 5 rings (SSSR count). The Bertz CT molecular complexity index is 1710. The summed E-state index contributed by atoms with van der Waals surface area (Å²) in [5.74, 6) is -0.566. The van der Waals surface area contributed by atoms with Gasteiger partial charge >= 0.3 is 0 Å². The number of thioether (sulfide) groups is 1. The molecule has 11 heteroatoms. The second-order valence-corrected chi connectivity index (χ2v) is 12.4. The summed E-state index contributed by atoms with van der Waals surface area (Å²) in [6.07, 6.45) is 0. The molecule has 2 amide bonds. The fourth-order valence-corrected chi connectivity index (χ4v) is 6.36. The van der Waals surface area contributed by atoms with Crippen LogP contribution >= 0.6 is 69.5 Å². The molecule has 2 N–H and O–H groups in total. The Morgan fingerprint density at radius 3 is 2.24 bits per heavy atom. The molecule has 1 aromatic heterocycles. The number of nitrogens with one attached hydrogen (secondary N) is 2. The van der Waals surface area contributed by atoms with E-state index in [1.807, 2.05) is 53.9 Å². The van der Waals surface area contributed by atoms with Crippen LogP contribution in [0.25, 0.3) is 11.3 Å². The summed E-state index contributed by atoms with van der Waals surface area (Å²) in [5, 5.41) is 9.16. The van der Waals surface area contributed by atoms with Crippen LogP contribution in [0.1, 0.15) is 21.2 Å². The lowest BCUT2D eigenvalue weighted by Crippen LogP contribution is -2.19. The number of halogens is 4. The predicted molar refractivity (Wildman–Crippen MR) is 172 cm³/mol. The summed E-state index contributed by atoms with van der Waals surface area (Å²) in [4.78, 5) is 31.6. The minimum atomic E-state index is -0.554. The van der Waals surface area contributed by atoms with Crippen LogP contribution in [0.15, 0.2) is 101 Å². The second-order valence-electron chi connectivity index (χ2n) is 8.67. The zero-order chi connectivity index (χ0) is 28.9. The van der Waals surface area contributed by atoms with Crippen LogP contribution in [0.3, 0.4) is 0 Å². The first-order chi connectivity index (χ1) is 19.8. The van der Waals surface area contributed by atoms with Crippen molar-refractivity contribution in [1.29, 1.82) is 0 Å². The van der Waals surface area contributed by atoms with Crippen molar-refractivity contribution < 1.29 is 9.59 Å². The number of carbonyl (C=O) groups is 2. The van der Waals surface area contributed by atoms with Crippen molar-refractivity contribution in [2.24, 2.45) is 0 Å². The van der Waals surface area contributed by atoms with Gasteiger partial charge in [-0.3, -0.25) is 9.59 Å². The number of aromatic nitrogens is 1. The standard InChI is InChI=1S/C30H19Cl4N3O2S2/c31-19-7-12-22(24(33)15-19)28(38)35-20-8-10-21(11-9-20)41-27(17-4-2-1-3-5-17)29(39)37-30-36-26(16-40-30)18-6-13-23(32)25(34)14-18/h1-16,27H,(H,35,38)(H,36,37,39). The second kappa shape index (κ2) is 13.3. The number of rotatable bonds is 8. The Balaban J connectivity index is 1.30. The van der Waals surface area contributed by atoms with E-state index < -0.39 is 5.25 Å². The van der Waals surface area contributed by atoms with E-state index in [0.717, 1.165) is 16.0 Å². The van der Waals surface area contributed by atoms with E-state index in [1.165, 1.54) is 29.2 Å². The van der Waals surface area contributed by atoms with Crippen molar-refractivity contribution >= 4 is 92.1 Å². The summed E-state index contributed by atoms with van der Waals surface area (Å²) in [6.45, 7) is 0. The lowest BCUT2D eigenvalue weighted by atomic mass is 10.1. The average Bonchev–Trinajstić information content (AvgIpc) is 3.42. The molecule has 1 atom stereocenters. The number of hydrogen-bond acceptors (Lipinski definition) is 5. The number of nitrogens with zero attached hydrogens (tertiary/aromatic N) is 1. The lowest BCUT2D eigenvalue weighted by Gasteiger charge is -2.16. The zero-order valence-electron chi connectivity index (χ0n) is 20.9. The van der Waals surface area contributed by atoms with Gasteiger partial charge in [-0.1, -0.05) is 82.8 Å². The molecule has 41 heavy (non-hydrogen) atoms. The molecule has 0 radical (unpaired) electrons. The highest BCUT2D eigenvalue weighted by atomic mass is 35.5. The lowest BCUT2D eigenvalue weighted by molar-refractivity contribution is -0.115. The molecule has 1 unspecified atom stereocenters. The fraction of sp³-hybridized carbons (Fsp3) is 0.0333. The number of hydrogen-bond donors (Lipinski definition) is 2. The van der Waals surface area contributed by atoms with Gasteiger partial charge in [0, 0.05) is 26.5 Å². The first-order valence-corrected chi connectivity index (χ1v) is 15.3. The van der Waals surface area contributed by atoms with Gasteiger partial charge in [-0.15, -0.1) is 23.1 Å². The van der Waals surface area contributed by atoms with Crippen molar-refractivity contribution in [3.05, 3.63) is 128 Å². The third-order valence-electron chi connectivity index (χ3n) is 5.83. The molecule has 4 aromatic carbocycles. The SMILES string of the molecule is O=C(Nc1ccc(SC(C(=O)Nc2nc(-c3ccc(Cl)c(Cl)c3)cs2)c2ccccc2)cc1)c1ccc(Cl)cc1Cl. The van der Waals surface area contributed by atoms with E-state index in [1.54, 1.807) is 36.4 Å². The highest BCUT2D eigenvalue weighted by molar-refractivity contribution is 8.00. The third-order valence-corrected chi connectivity index (χ3v) is 9.14. The molecule has 0 spiro atoms. The Morgan fingerprint density at radius 1 is 0.780 bits per heavy atom. The van der Waals surface area contributed by atoms with Gasteiger partial charge in [-0.2, -0.15) is 0 Å². The number of thiazole rings is 1. The minimum absolute atomic E-state index is 0.217. The van der Waals surface area contributed by atoms with Gasteiger partial charge in [-0.25, -0.2) is 4.98 Å². The van der Waals surface area contributed by atoms with Crippen molar-refractivity contribution in [1.82, 2.24) is 4.98 Å². The molecule has 206 valence electrons. The highest BCUT2D eigenvalue weighted by Gasteiger charge is 2.23. The van der Waals surface area contributed by atoms with Crippen molar-refractivity contribution in [3.63, 3.8) is 0 Å². The summed E-state index contributed by atoms with van der Waals surface area (Å²) >= 11 is 27.0. The number of amides is 2. The molecule has 5 aromatic rings. The minimum Gasteiger partial charge on any atom is -0.322 e. The van der Waals surface area contributed by atoms with Gasteiger partial charge in [0.05, 0.1) is 26.3 Å². The summed E-state index contributed by atoms with van der Waals surface area (Å²) in [5.41, 5.74) is 3.23. The molecule has 5 nitrogen and oxygen atoms in total. The van der Waals surface area contributed by atoms with Crippen LogP contribution in [0.4, 0.5) is 10.8 Å². The van der Waals surface area contributed by atoms with Crippen LogP contribution in [-0.2, 0) is 4.79 Å². The third kappa shape index (κ3) is 7.43. The van der Waals surface area contributed by atoms with E-state index >= 15 is 0 Å². The van der Waals surface area contributed by atoms with Crippen molar-refractivity contribution in [2.45, 2.75) is 10.1 Å². The van der Waals surface area contributed by atoms with Crippen LogP contribution < -0.4 is 10.6 Å². The monoisotopic (exact) mass is 657 g/mol. The molecule has 0 saturated carbocycles. The number of carbonyl (C=O) groups excluding carboxylic acids is 2. The van der Waals surface area contributed by atoms with Crippen LogP contribution in [0.5, 0.6) is 0 Å².